The van der Waals surface area contributed by atoms with Crippen LogP contribution in [0.15, 0.2) is 97.1 Å². The molecule has 3 saturated heterocycles. The molecule has 0 radical (unpaired) electrons. The van der Waals surface area contributed by atoms with Gasteiger partial charge in [0.15, 0.2) is 0 Å². The Labute approximate surface area is 441 Å². The molecule has 3 aliphatic heterocycles. The molecule has 76 heavy (non-hydrogen) atoms. The van der Waals surface area contributed by atoms with E-state index in [1.807, 2.05) is 48.5 Å². The van der Waals surface area contributed by atoms with Crippen LogP contribution in [0.4, 0.5) is 0 Å². The second-order valence-corrected chi connectivity index (χ2v) is 19.9. The van der Waals surface area contributed by atoms with Gasteiger partial charge in [0, 0.05) is 31.5 Å². The molecule has 20 heteroatoms. The van der Waals surface area contributed by atoms with Crippen LogP contribution in [0.5, 0.6) is 11.5 Å². The second-order valence-electron chi connectivity index (χ2n) is 19.9. The van der Waals surface area contributed by atoms with Crippen molar-refractivity contribution in [2.24, 2.45) is 5.73 Å². The number of phenols is 1. The van der Waals surface area contributed by atoms with Gasteiger partial charge in [-0.05, 0) is 110 Å². The van der Waals surface area contributed by atoms with E-state index in [1.165, 1.54) is 26.0 Å². The number of unbranched alkanes of at least 4 members (excludes halogenated alkanes) is 2. The lowest BCUT2D eigenvalue weighted by molar-refractivity contribution is -0.158. The number of hydrogen-bond donors (Lipinski definition) is 10. The molecular formula is C56H70N8O12. The van der Waals surface area contributed by atoms with Crippen molar-refractivity contribution in [3.63, 3.8) is 0 Å². The number of aryl methyl sites for hydroxylation is 1. The molecular weight excluding hydrogens is 977 g/mol. The van der Waals surface area contributed by atoms with Crippen LogP contribution in [0.25, 0.3) is 22.3 Å². The topological polar surface area (TPSA) is 302 Å². The Balaban J connectivity index is 1.10. The number of benzene rings is 4. The zero-order valence-corrected chi connectivity index (χ0v) is 43.0. The maximum absolute atomic E-state index is 14.4. The molecule has 4 aromatic rings. The molecule has 7 unspecified atom stereocenters. The van der Waals surface area contributed by atoms with Crippen LogP contribution in [0, 0.1) is 0 Å². The number of rotatable bonds is 14. The summed E-state index contributed by atoms with van der Waals surface area (Å²) in [5.41, 5.74) is 10.9. The van der Waals surface area contributed by atoms with Crippen LogP contribution in [0.1, 0.15) is 88.1 Å². The summed E-state index contributed by atoms with van der Waals surface area (Å²) in [6, 6.07) is 20.2. The van der Waals surface area contributed by atoms with Gasteiger partial charge in [0.05, 0.1) is 31.1 Å². The van der Waals surface area contributed by atoms with E-state index in [0.717, 1.165) is 57.1 Å². The van der Waals surface area contributed by atoms with Crippen LogP contribution in [-0.2, 0) is 35.2 Å². The number of carbonyl (C=O) groups is 7. The first-order valence-corrected chi connectivity index (χ1v) is 26.1. The number of hydrogen-bond acceptors (Lipinski definition) is 13. The molecule has 7 amide bonds. The Morgan fingerprint density at radius 2 is 1.30 bits per heavy atom. The fourth-order valence-electron chi connectivity index (χ4n) is 9.64. The van der Waals surface area contributed by atoms with Crippen molar-refractivity contribution in [1.82, 2.24) is 36.4 Å². The van der Waals surface area contributed by atoms with Crippen LogP contribution < -0.4 is 37.1 Å². The summed E-state index contributed by atoms with van der Waals surface area (Å²) in [6.07, 6.45) is -2.09. The third-order valence-electron chi connectivity index (χ3n) is 14.1. The van der Waals surface area contributed by atoms with Crippen LogP contribution in [0.3, 0.4) is 0 Å². The Kier molecular flexibility index (Phi) is 19.2. The van der Waals surface area contributed by atoms with Crippen LogP contribution in [0.2, 0.25) is 0 Å². The summed E-state index contributed by atoms with van der Waals surface area (Å²) in [5, 5.41) is 55.8. The summed E-state index contributed by atoms with van der Waals surface area (Å²) in [5.74, 6) is -4.85. The van der Waals surface area contributed by atoms with E-state index in [0.29, 0.717) is 12.2 Å². The lowest BCUT2D eigenvalue weighted by atomic mass is 9.95. The summed E-state index contributed by atoms with van der Waals surface area (Å²) in [4.78, 5) is 101. The smallest absolute Gasteiger partial charge is 0.251 e. The third kappa shape index (κ3) is 14.1. The summed E-state index contributed by atoms with van der Waals surface area (Å²) in [6.45, 7) is 4.93. The molecule has 7 rings (SSSR count). The fourth-order valence-corrected chi connectivity index (χ4v) is 9.64. The fraction of sp³-hybridized carbons (Fsp3) is 0.446. The van der Waals surface area contributed by atoms with Crippen molar-refractivity contribution in [1.29, 1.82) is 0 Å². The van der Waals surface area contributed by atoms with Gasteiger partial charge in [0.1, 0.15) is 47.8 Å². The highest BCUT2D eigenvalue weighted by molar-refractivity contribution is 6.00. The second kappa shape index (κ2) is 25.9. The Bertz CT molecular complexity index is 2670. The Hall–Kier alpha value is -7.39. The van der Waals surface area contributed by atoms with E-state index in [9.17, 15) is 54.0 Å². The van der Waals surface area contributed by atoms with Gasteiger partial charge in [-0.1, -0.05) is 80.4 Å². The Morgan fingerprint density at radius 3 is 1.89 bits per heavy atom. The number of nitrogens with one attached hydrogen (secondary N) is 5. The van der Waals surface area contributed by atoms with E-state index in [2.05, 4.69) is 33.5 Å². The average molecular weight is 1050 g/mol. The van der Waals surface area contributed by atoms with Crippen molar-refractivity contribution in [2.45, 2.75) is 139 Å². The van der Waals surface area contributed by atoms with E-state index in [1.54, 1.807) is 36.4 Å². The average Bonchev–Trinajstić information content (AvgIpc) is 3.81. The maximum atomic E-state index is 14.4. The van der Waals surface area contributed by atoms with E-state index in [4.69, 9.17) is 10.5 Å². The Morgan fingerprint density at radius 1 is 0.724 bits per heavy atom. The number of ether oxygens (including phenoxy) is 1. The first-order chi connectivity index (χ1) is 36.4. The van der Waals surface area contributed by atoms with Gasteiger partial charge in [0.25, 0.3) is 5.91 Å². The molecule has 3 aliphatic rings. The zero-order chi connectivity index (χ0) is 54.6. The van der Waals surface area contributed by atoms with Crippen molar-refractivity contribution in [3.05, 3.63) is 108 Å². The van der Waals surface area contributed by atoms with Gasteiger partial charge in [0.2, 0.25) is 35.4 Å². The molecule has 4 aromatic carbocycles. The molecule has 0 aromatic heterocycles. The number of phenolic OH excluding ortho intramolecular Hbond substituents is 1. The van der Waals surface area contributed by atoms with Crippen molar-refractivity contribution < 1.29 is 58.7 Å². The lowest BCUT2D eigenvalue weighted by Crippen LogP contribution is -2.71. The van der Waals surface area contributed by atoms with Crippen LogP contribution >= 0.6 is 0 Å². The molecule has 0 bridgehead atoms. The highest BCUT2D eigenvalue weighted by Crippen LogP contribution is 2.28. The quantitative estimate of drug-likeness (QED) is 0.0810. The zero-order valence-electron chi connectivity index (χ0n) is 43.0. The number of nitrogens with two attached hydrogens (primary N) is 1. The molecule has 406 valence electrons. The molecule has 0 spiro atoms. The van der Waals surface area contributed by atoms with Crippen molar-refractivity contribution in [2.75, 3.05) is 19.7 Å². The number of aliphatic hydroxyl groups excluding tert-OH is 3. The number of amides is 7. The normalized spacial score (nSPS) is 24.8. The monoisotopic (exact) mass is 1050 g/mol. The van der Waals surface area contributed by atoms with E-state index in [-0.39, 0.29) is 62.9 Å². The molecule has 0 saturated carbocycles. The van der Waals surface area contributed by atoms with Gasteiger partial charge >= 0.3 is 0 Å². The van der Waals surface area contributed by atoms with Gasteiger partial charge < -0.3 is 67.3 Å². The molecule has 11 N–H and O–H groups in total. The molecule has 0 aliphatic carbocycles. The SMILES string of the molecule is CCCCCOc1ccc(-c2ccc(-c3ccc(C(=O)N[C@H]4CCCNC(=O)C5C[C@H](N)N5C(=O)C(C(C)O)NC(=O)C(CCc5ccc(O)cc5)NC(=O)C5C[C@@H](O)CN5C(=O)C(C(C)O)NC4=O)cc3)cc2)cc1. The summed E-state index contributed by atoms with van der Waals surface area (Å²) in [7, 11) is 0. The van der Waals surface area contributed by atoms with Gasteiger partial charge in [-0.25, -0.2) is 0 Å². The predicted octanol–water partition coefficient (Wildman–Crippen LogP) is 2.00. The third-order valence-corrected chi connectivity index (χ3v) is 14.1. The number of fused-ring (bicyclic) bond motifs is 2. The van der Waals surface area contributed by atoms with Crippen molar-refractivity contribution in [3.8, 4) is 33.8 Å². The van der Waals surface area contributed by atoms with Gasteiger partial charge in [-0.2, -0.15) is 0 Å². The minimum Gasteiger partial charge on any atom is -0.508 e. The first kappa shape index (κ1) is 56.3. The summed E-state index contributed by atoms with van der Waals surface area (Å²) < 4.78 is 5.86. The van der Waals surface area contributed by atoms with Crippen molar-refractivity contribution >= 4 is 41.4 Å². The van der Waals surface area contributed by atoms with E-state index < -0.39 is 102 Å². The maximum Gasteiger partial charge on any atom is 0.251 e. The summed E-state index contributed by atoms with van der Waals surface area (Å²) >= 11 is 0. The number of carbonyl (C=O) groups excluding carboxylic acids is 7. The minimum absolute atomic E-state index is 0.000929. The molecule has 10 atom stereocenters. The first-order valence-electron chi connectivity index (χ1n) is 26.1. The largest absolute Gasteiger partial charge is 0.508 e. The number of aromatic hydroxyl groups is 1. The number of aliphatic hydroxyl groups is 3. The molecule has 3 heterocycles. The van der Waals surface area contributed by atoms with Gasteiger partial charge in [-0.15, -0.1) is 0 Å². The van der Waals surface area contributed by atoms with Gasteiger partial charge in [-0.3, -0.25) is 33.6 Å². The standard InChI is InChI=1S/C56H70N8O12/c1-4-5-6-28-76-42-24-20-38(21-25-42)36-14-12-35(13-15-36)37-16-18-39(19-17-37)50(69)59-43-8-7-27-58-53(72)46-30-47(57)64(46)56(75)49(33(3)66)62-52(71)44(26-11-34-9-22-40(67)23-10-34)60-54(73)45-29-41(68)31-63(45)55(74)48(32(2)65)61-51(43)70/h9-10,12-25,32-33,41,43-49,65-68H,4-8,11,26-31,57H2,1-3H3,(H,58,72)(H,59,69)(H,60,73)(H,61,70)(H,62,71)/t32?,33?,41-,43+,44?,45?,46?,47-,48?,49?/m1/s1. The number of nitrogens with zero attached hydrogens (tertiary/aromatic N) is 2. The molecule has 3 fully saturated rings. The predicted molar refractivity (Wildman–Crippen MR) is 281 cm³/mol. The highest BCUT2D eigenvalue weighted by atomic mass is 16.5. The van der Waals surface area contributed by atoms with Crippen LogP contribution in [-0.4, -0.2) is 152 Å². The molecule has 20 nitrogen and oxygen atoms in total. The highest BCUT2D eigenvalue weighted by Gasteiger charge is 2.48. The lowest BCUT2D eigenvalue weighted by Gasteiger charge is -2.47. The van der Waals surface area contributed by atoms with E-state index >= 15 is 0 Å². The minimum atomic E-state index is -1.68.